The molecule has 19 heavy (non-hydrogen) atoms. The lowest BCUT2D eigenvalue weighted by molar-refractivity contribution is 1.12. The van der Waals surface area contributed by atoms with E-state index in [9.17, 15) is 0 Å². The van der Waals surface area contributed by atoms with Gasteiger partial charge in [0.1, 0.15) is 5.82 Å². The smallest absolute Gasteiger partial charge is 0.110 e. The van der Waals surface area contributed by atoms with E-state index in [2.05, 4.69) is 45.0 Å². The minimum atomic E-state index is 0.966. The zero-order valence-electron chi connectivity index (χ0n) is 10.7. The molecule has 0 atom stereocenters. The lowest BCUT2D eigenvalue weighted by Gasteiger charge is -2.02. The first kappa shape index (κ1) is 11.5. The number of hydrogen-bond donors (Lipinski definition) is 1. The largest absolute Gasteiger partial charge is 0.374 e. The average molecular weight is 249 g/mol. The van der Waals surface area contributed by atoms with E-state index in [0.29, 0.717) is 0 Å². The van der Waals surface area contributed by atoms with Crippen molar-refractivity contribution < 1.29 is 0 Å². The number of benzene rings is 1. The molecule has 0 bridgehead atoms. The summed E-state index contributed by atoms with van der Waals surface area (Å²) in [5, 5.41) is 3.16. The van der Waals surface area contributed by atoms with Gasteiger partial charge in [-0.05, 0) is 23.8 Å². The van der Waals surface area contributed by atoms with Crippen molar-refractivity contribution in [2.24, 2.45) is 0 Å². The number of nitrogens with zero attached hydrogens (tertiary/aromatic N) is 2. The Kier molecular flexibility index (Phi) is 3.02. The topological polar surface area (TPSA) is 29.3 Å². The lowest BCUT2D eigenvalue weighted by atomic mass is 10.2. The Balaban J connectivity index is 2.02. The van der Waals surface area contributed by atoms with E-state index in [1.54, 1.807) is 0 Å². The number of fused-ring (bicyclic) bond motifs is 1. The molecule has 94 valence electrons. The average Bonchev–Trinajstić information content (AvgIpc) is 2.90. The van der Waals surface area contributed by atoms with Crippen LogP contribution in [0.25, 0.3) is 17.7 Å². The normalized spacial score (nSPS) is 11.2. The zero-order chi connectivity index (χ0) is 13.1. The Bertz CT molecular complexity index is 711. The van der Waals surface area contributed by atoms with Crippen LogP contribution in [0, 0.1) is 0 Å². The van der Waals surface area contributed by atoms with Crippen LogP contribution in [0.15, 0.2) is 54.9 Å². The Morgan fingerprint density at radius 1 is 1.05 bits per heavy atom. The van der Waals surface area contributed by atoms with Crippen LogP contribution in [0.5, 0.6) is 0 Å². The maximum atomic E-state index is 4.43. The second-order valence-corrected chi connectivity index (χ2v) is 4.28. The number of aromatic nitrogens is 2. The molecule has 3 aromatic rings. The zero-order valence-corrected chi connectivity index (χ0v) is 10.7. The Morgan fingerprint density at radius 3 is 2.68 bits per heavy atom. The molecule has 0 unspecified atom stereocenters. The summed E-state index contributed by atoms with van der Waals surface area (Å²) in [5.41, 5.74) is 3.23. The van der Waals surface area contributed by atoms with Crippen molar-refractivity contribution in [1.29, 1.82) is 0 Å². The monoisotopic (exact) mass is 249 g/mol. The van der Waals surface area contributed by atoms with Gasteiger partial charge >= 0.3 is 0 Å². The van der Waals surface area contributed by atoms with Gasteiger partial charge in [0.2, 0.25) is 0 Å². The lowest BCUT2D eigenvalue weighted by Crippen LogP contribution is -1.95. The predicted octanol–water partition coefficient (Wildman–Crippen LogP) is 3.55. The third-order valence-corrected chi connectivity index (χ3v) is 3.10. The Labute approximate surface area is 112 Å². The minimum absolute atomic E-state index is 0.966. The molecule has 0 aliphatic heterocycles. The molecule has 1 N–H and O–H groups in total. The molecule has 0 saturated carbocycles. The van der Waals surface area contributed by atoms with Crippen LogP contribution in [0.4, 0.5) is 5.82 Å². The summed E-state index contributed by atoms with van der Waals surface area (Å²) >= 11 is 0. The van der Waals surface area contributed by atoms with Gasteiger partial charge in [-0.25, -0.2) is 0 Å². The van der Waals surface area contributed by atoms with E-state index in [1.807, 2.05) is 43.7 Å². The number of anilines is 1. The molecular weight excluding hydrogens is 234 g/mol. The molecule has 3 rings (SSSR count). The summed E-state index contributed by atoms with van der Waals surface area (Å²) in [6.45, 7) is 0. The van der Waals surface area contributed by atoms with Crippen LogP contribution in [0.2, 0.25) is 0 Å². The second kappa shape index (κ2) is 4.98. The van der Waals surface area contributed by atoms with E-state index < -0.39 is 0 Å². The first-order valence-electron chi connectivity index (χ1n) is 6.25. The molecule has 2 aromatic heterocycles. The highest BCUT2D eigenvalue weighted by atomic mass is 15.1. The van der Waals surface area contributed by atoms with Gasteiger partial charge in [-0.3, -0.25) is 9.38 Å². The Hall–Kier alpha value is -2.55. The SMILES string of the molecule is CNc1ccc2c(C=Cc3ccccc3)nccn12. The van der Waals surface area contributed by atoms with Crippen LogP contribution >= 0.6 is 0 Å². The fourth-order valence-electron chi connectivity index (χ4n) is 2.14. The summed E-state index contributed by atoms with van der Waals surface area (Å²) in [6.07, 6.45) is 7.90. The fourth-order valence-corrected chi connectivity index (χ4v) is 2.14. The van der Waals surface area contributed by atoms with Gasteiger partial charge in [0.25, 0.3) is 0 Å². The molecule has 0 saturated heterocycles. The molecule has 0 aliphatic rings. The second-order valence-electron chi connectivity index (χ2n) is 4.28. The molecule has 0 amide bonds. The Morgan fingerprint density at radius 2 is 1.89 bits per heavy atom. The maximum absolute atomic E-state index is 4.43. The van der Waals surface area contributed by atoms with Gasteiger partial charge in [0.05, 0.1) is 11.2 Å². The molecular formula is C16H15N3. The quantitative estimate of drug-likeness (QED) is 0.769. The summed E-state index contributed by atoms with van der Waals surface area (Å²) in [6, 6.07) is 14.4. The van der Waals surface area contributed by atoms with E-state index in [4.69, 9.17) is 0 Å². The van der Waals surface area contributed by atoms with Crippen LogP contribution in [0.1, 0.15) is 11.3 Å². The van der Waals surface area contributed by atoms with Gasteiger partial charge in [0, 0.05) is 19.4 Å². The first-order valence-corrected chi connectivity index (χ1v) is 6.25. The number of rotatable bonds is 3. The van der Waals surface area contributed by atoms with Crippen LogP contribution in [-0.2, 0) is 0 Å². The molecule has 3 heteroatoms. The van der Waals surface area contributed by atoms with E-state index in [-0.39, 0.29) is 0 Å². The van der Waals surface area contributed by atoms with Crippen LogP contribution in [0.3, 0.4) is 0 Å². The first-order chi connectivity index (χ1) is 9.38. The van der Waals surface area contributed by atoms with Gasteiger partial charge in [-0.1, -0.05) is 36.4 Å². The van der Waals surface area contributed by atoms with Crippen molar-refractivity contribution in [3.63, 3.8) is 0 Å². The summed E-state index contributed by atoms with van der Waals surface area (Å²) < 4.78 is 2.09. The molecule has 0 spiro atoms. The third kappa shape index (κ3) is 2.22. The summed E-state index contributed by atoms with van der Waals surface area (Å²) in [5.74, 6) is 1.06. The van der Waals surface area contributed by atoms with Crippen molar-refractivity contribution in [3.8, 4) is 0 Å². The molecule has 1 aromatic carbocycles. The van der Waals surface area contributed by atoms with Crippen molar-refractivity contribution in [1.82, 2.24) is 9.38 Å². The molecule has 0 fully saturated rings. The van der Waals surface area contributed by atoms with Crippen molar-refractivity contribution >= 4 is 23.5 Å². The molecule has 2 heterocycles. The van der Waals surface area contributed by atoms with Crippen LogP contribution < -0.4 is 5.32 Å². The highest BCUT2D eigenvalue weighted by Gasteiger charge is 2.03. The van der Waals surface area contributed by atoms with Crippen molar-refractivity contribution in [2.75, 3.05) is 12.4 Å². The van der Waals surface area contributed by atoms with E-state index in [0.717, 1.165) is 17.0 Å². The summed E-state index contributed by atoms with van der Waals surface area (Å²) in [4.78, 5) is 4.43. The van der Waals surface area contributed by atoms with Gasteiger partial charge in [-0.15, -0.1) is 0 Å². The van der Waals surface area contributed by atoms with Crippen molar-refractivity contribution in [2.45, 2.75) is 0 Å². The number of hydrogen-bond acceptors (Lipinski definition) is 2. The van der Waals surface area contributed by atoms with Gasteiger partial charge in [0.15, 0.2) is 0 Å². The highest BCUT2D eigenvalue weighted by molar-refractivity contribution is 5.77. The molecule has 3 nitrogen and oxygen atoms in total. The number of nitrogens with one attached hydrogen (secondary N) is 1. The minimum Gasteiger partial charge on any atom is -0.374 e. The highest BCUT2D eigenvalue weighted by Crippen LogP contribution is 2.18. The van der Waals surface area contributed by atoms with E-state index >= 15 is 0 Å². The van der Waals surface area contributed by atoms with Crippen molar-refractivity contribution in [3.05, 3.63) is 66.1 Å². The fraction of sp³-hybridized carbons (Fsp3) is 0.0625. The molecule has 0 aliphatic carbocycles. The maximum Gasteiger partial charge on any atom is 0.110 e. The predicted molar refractivity (Wildman–Crippen MR) is 80.1 cm³/mol. The van der Waals surface area contributed by atoms with E-state index in [1.165, 1.54) is 5.56 Å². The summed E-state index contributed by atoms with van der Waals surface area (Å²) in [7, 11) is 1.92. The van der Waals surface area contributed by atoms with Gasteiger partial charge in [-0.2, -0.15) is 0 Å². The standard InChI is InChI=1S/C16H15N3/c1-17-16-10-9-15-14(18-11-12-19(15)16)8-7-13-5-3-2-4-6-13/h2-12,17H,1H3. The van der Waals surface area contributed by atoms with Gasteiger partial charge < -0.3 is 5.32 Å². The van der Waals surface area contributed by atoms with Crippen LogP contribution in [-0.4, -0.2) is 16.4 Å². The molecule has 0 radical (unpaired) electrons. The third-order valence-electron chi connectivity index (χ3n) is 3.10.